The lowest BCUT2D eigenvalue weighted by molar-refractivity contribution is 0.0600. The van der Waals surface area contributed by atoms with Gasteiger partial charge in [0, 0.05) is 12.4 Å². The number of hydrogen-bond donors (Lipinski definition) is 0. The van der Waals surface area contributed by atoms with Crippen LogP contribution in [0.5, 0.6) is 0 Å². The molecule has 0 N–H and O–H groups in total. The molecular weight excluding hydrogens is 194 g/mol. The van der Waals surface area contributed by atoms with Crippen LogP contribution in [-0.4, -0.2) is 24.3 Å². The SMILES string of the molecule is COC(=O)c1cncc(C=O)c1Cl. The van der Waals surface area contributed by atoms with Gasteiger partial charge in [0.25, 0.3) is 0 Å². The quantitative estimate of drug-likeness (QED) is 0.533. The molecule has 1 heterocycles. The monoisotopic (exact) mass is 199 g/mol. The van der Waals surface area contributed by atoms with Crippen LogP contribution in [0.2, 0.25) is 5.02 Å². The number of pyridine rings is 1. The van der Waals surface area contributed by atoms with Gasteiger partial charge in [0.1, 0.15) is 0 Å². The van der Waals surface area contributed by atoms with Gasteiger partial charge in [0.2, 0.25) is 0 Å². The van der Waals surface area contributed by atoms with E-state index in [1.165, 1.54) is 19.5 Å². The second-order valence-electron chi connectivity index (χ2n) is 2.20. The molecule has 0 spiro atoms. The molecule has 0 aliphatic heterocycles. The fourth-order valence-corrected chi connectivity index (χ4v) is 1.01. The first kappa shape index (κ1) is 9.67. The van der Waals surface area contributed by atoms with Crippen molar-refractivity contribution in [3.63, 3.8) is 0 Å². The van der Waals surface area contributed by atoms with E-state index in [0.717, 1.165) is 0 Å². The molecule has 1 rings (SSSR count). The van der Waals surface area contributed by atoms with Gasteiger partial charge in [-0.2, -0.15) is 0 Å². The highest BCUT2D eigenvalue weighted by molar-refractivity contribution is 6.35. The van der Waals surface area contributed by atoms with E-state index < -0.39 is 5.97 Å². The molecule has 0 bridgehead atoms. The Morgan fingerprint density at radius 3 is 2.85 bits per heavy atom. The lowest BCUT2D eigenvalue weighted by atomic mass is 10.2. The van der Waals surface area contributed by atoms with E-state index >= 15 is 0 Å². The topological polar surface area (TPSA) is 56.3 Å². The molecule has 1 aromatic heterocycles. The standard InChI is InChI=1S/C8H6ClNO3/c1-13-8(12)6-3-10-2-5(4-11)7(6)9/h2-4H,1H3. The van der Waals surface area contributed by atoms with Crippen LogP contribution in [-0.2, 0) is 4.74 Å². The van der Waals surface area contributed by atoms with Crippen molar-refractivity contribution in [1.82, 2.24) is 4.98 Å². The van der Waals surface area contributed by atoms with Crippen molar-refractivity contribution < 1.29 is 14.3 Å². The molecule has 0 unspecified atom stereocenters. The Morgan fingerprint density at radius 2 is 2.31 bits per heavy atom. The second kappa shape index (κ2) is 4.00. The van der Waals surface area contributed by atoms with Gasteiger partial charge in [-0.25, -0.2) is 4.79 Å². The maximum absolute atomic E-state index is 11.0. The fraction of sp³-hybridized carbons (Fsp3) is 0.125. The molecule has 0 atom stereocenters. The molecule has 13 heavy (non-hydrogen) atoms. The van der Waals surface area contributed by atoms with Crippen LogP contribution in [0.25, 0.3) is 0 Å². The van der Waals surface area contributed by atoms with E-state index in [9.17, 15) is 9.59 Å². The minimum Gasteiger partial charge on any atom is -0.465 e. The Kier molecular flexibility index (Phi) is 2.97. The van der Waals surface area contributed by atoms with Crippen LogP contribution < -0.4 is 0 Å². The molecule has 0 aromatic carbocycles. The number of carbonyl (C=O) groups is 2. The number of carbonyl (C=O) groups excluding carboxylic acids is 2. The summed E-state index contributed by atoms with van der Waals surface area (Å²) in [5.41, 5.74) is 0.262. The maximum Gasteiger partial charge on any atom is 0.340 e. The molecule has 0 amide bonds. The predicted molar refractivity (Wildman–Crippen MR) is 46.0 cm³/mol. The van der Waals surface area contributed by atoms with E-state index in [2.05, 4.69) is 9.72 Å². The van der Waals surface area contributed by atoms with Crippen molar-refractivity contribution in [2.75, 3.05) is 7.11 Å². The zero-order valence-corrected chi connectivity index (χ0v) is 7.54. The first-order valence-electron chi connectivity index (χ1n) is 3.37. The van der Waals surface area contributed by atoms with Gasteiger partial charge in [-0.1, -0.05) is 11.6 Å². The molecule has 68 valence electrons. The van der Waals surface area contributed by atoms with E-state index in [1.54, 1.807) is 0 Å². The summed E-state index contributed by atoms with van der Waals surface area (Å²) in [4.78, 5) is 25.1. The summed E-state index contributed by atoms with van der Waals surface area (Å²) in [7, 11) is 1.23. The van der Waals surface area contributed by atoms with E-state index in [-0.39, 0.29) is 16.1 Å². The minimum absolute atomic E-state index is 0.0665. The number of esters is 1. The van der Waals surface area contributed by atoms with Crippen LogP contribution in [0.3, 0.4) is 0 Å². The van der Waals surface area contributed by atoms with Gasteiger partial charge < -0.3 is 4.74 Å². The number of aromatic nitrogens is 1. The smallest absolute Gasteiger partial charge is 0.340 e. The molecule has 0 saturated heterocycles. The van der Waals surface area contributed by atoms with Gasteiger partial charge in [0.15, 0.2) is 6.29 Å². The largest absolute Gasteiger partial charge is 0.465 e. The van der Waals surface area contributed by atoms with Gasteiger partial charge in [0.05, 0.1) is 23.3 Å². The average Bonchev–Trinajstić information content (AvgIpc) is 2.17. The lowest BCUT2D eigenvalue weighted by Crippen LogP contribution is -2.04. The Bertz CT molecular complexity index is 351. The summed E-state index contributed by atoms with van der Waals surface area (Å²) < 4.78 is 4.44. The van der Waals surface area contributed by atoms with Crippen LogP contribution in [0.15, 0.2) is 12.4 Å². The van der Waals surface area contributed by atoms with Gasteiger partial charge in [-0.05, 0) is 0 Å². The van der Waals surface area contributed by atoms with Crippen molar-refractivity contribution in [2.45, 2.75) is 0 Å². The third kappa shape index (κ3) is 1.84. The van der Waals surface area contributed by atoms with E-state index in [1.807, 2.05) is 0 Å². The Balaban J connectivity index is 3.23. The van der Waals surface area contributed by atoms with Crippen molar-refractivity contribution in [2.24, 2.45) is 0 Å². The fourth-order valence-electron chi connectivity index (χ4n) is 0.795. The summed E-state index contributed by atoms with van der Waals surface area (Å²) in [5, 5.41) is 0.0665. The number of hydrogen-bond acceptors (Lipinski definition) is 4. The van der Waals surface area contributed by atoms with Crippen molar-refractivity contribution >= 4 is 23.9 Å². The molecule has 0 radical (unpaired) electrons. The highest BCUT2D eigenvalue weighted by Crippen LogP contribution is 2.18. The predicted octanol–water partition coefficient (Wildman–Crippen LogP) is 1.33. The van der Waals surface area contributed by atoms with Crippen molar-refractivity contribution in [1.29, 1.82) is 0 Å². The maximum atomic E-state index is 11.0. The Hall–Kier alpha value is -1.42. The summed E-state index contributed by atoms with van der Waals surface area (Å²) in [6, 6.07) is 0. The zero-order chi connectivity index (χ0) is 9.84. The molecule has 0 aliphatic carbocycles. The summed E-state index contributed by atoms with van der Waals surface area (Å²) in [6.07, 6.45) is 3.06. The summed E-state index contributed by atoms with van der Waals surface area (Å²) in [6.45, 7) is 0. The highest BCUT2D eigenvalue weighted by Gasteiger charge is 2.13. The first-order chi connectivity index (χ1) is 6.20. The number of methoxy groups -OCH3 is 1. The summed E-state index contributed by atoms with van der Waals surface area (Å²) >= 11 is 5.71. The van der Waals surface area contributed by atoms with E-state index in [0.29, 0.717) is 6.29 Å². The first-order valence-corrected chi connectivity index (χ1v) is 3.75. The van der Waals surface area contributed by atoms with E-state index in [4.69, 9.17) is 11.6 Å². The normalized spacial score (nSPS) is 9.38. The number of rotatable bonds is 2. The molecular formula is C8H6ClNO3. The van der Waals surface area contributed by atoms with Crippen LogP contribution in [0, 0.1) is 0 Å². The highest BCUT2D eigenvalue weighted by atomic mass is 35.5. The minimum atomic E-state index is -0.610. The Morgan fingerprint density at radius 1 is 1.62 bits per heavy atom. The van der Waals surface area contributed by atoms with Crippen LogP contribution in [0.1, 0.15) is 20.7 Å². The number of aldehydes is 1. The van der Waals surface area contributed by atoms with Crippen LogP contribution >= 0.6 is 11.6 Å². The van der Waals surface area contributed by atoms with Gasteiger partial charge >= 0.3 is 5.97 Å². The molecule has 5 heteroatoms. The Labute approximate surface area is 79.5 Å². The summed E-state index contributed by atoms with van der Waals surface area (Å²) in [5.74, 6) is -0.610. The second-order valence-corrected chi connectivity index (χ2v) is 2.58. The number of halogens is 1. The third-order valence-corrected chi connectivity index (χ3v) is 1.86. The molecule has 0 fully saturated rings. The molecule has 1 aromatic rings. The van der Waals surface area contributed by atoms with Crippen molar-refractivity contribution in [3.8, 4) is 0 Å². The molecule has 0 saturated carbocycles. The number of nitrogens with zero attached hydrogens (tertiary/aromatic N) is 1. The average molecular weight is 200 g/mol. The number of ether oxygens (including phenoxy) is 1. The zero-order valence-electron chi connectivity index (χ0n) is 6.78. The lowest BCUT2D eigenvalue weighted by Gasteiger charge is -2.01. The molecule has 0 aliphatic rings. The van der Waals surface area contributed by atoms with Gasteiger partial charge in [-0.15, -0.1) is 0 Å². The molecule has 4 nitrogen and oxygen atoms in total. The van der Waals surface area contributed by atoms with Crippen molar-refractivity contribution in [3.05, 3.63) is 28.5 Å². The third-order valence-electron chi connectivity index (χ3n) is 1.44. The van der Waals surface area contributed by atoms with Gasteiger partial charge in [-0.3, -0.25) is 9.78 Å². The van der Waals surface area contributed by atoms with Crippen LogP contribution in [0.4, 0.5) is 0 Å².